The van der Waals surface area contributed by atoms with E-state index in [1.165, 1.54) is 270 Å². The Balaban J connectivity index is 3.40. The van der Waals surface area contributed by atoms with Gasteiger partial charge in [-0.15, -0.1) is 0 Å². The van der Waals surface area contributed by atoms with Gasteiger partial charge in [0.2, 0.25) is 5.91 Å². The zero-order chi connectivity index (χ0) is 51.4. The third-order valence-electron chi connectivity index (χ3n) is 15.0. The summed E-state index contributed by atoms with van der Waals surface area (Å²) < 4.78 is 5.49. The van der Waals surface area contributed by atoms with Crippen molar-refractivity contribution in [2.24, 2.45) is 0 Å². The van der Waals surface area contributed by atoms with Crippen molar-refractivity contribution in [3.8, 4) is 0 Å². The smallest absolute Gasteiger partial charge is 0.305 e. The highest BCUT2D eigenvalue weighted by molar-refractivity contribution is 5.76. The average Bonchev–Trinajstić information content (AvgIpc) is 3.37. The van der Waals surface area contributed by atoms with Gasteiger partial charge in [-0.25, -0.2) is 0 Å². The summed E-state index contributed by atoms with van der Waals surface area (Å²) in [6, 6.07) is -0.545. The van der Waals surface area contributed by atoms with Crippen LogP contribution in [0.25, 0.3) is 0 Å². The number of carbonyl (C=O) groups is 2. The second-order valence-electron chi connectivity index (χ2n) is 22.1. The van der Waals surface area contributed by atoms with Crippen molar-refractivity contribution in [2.45, 2.75) is 366 Å². The molecule has 0 aliphatic carbocycles. The van der Waals surface area contributed by atoms with Crippen molar-refractivity contribution in [3.63, 3.8) is 0 Å². The van der Waals surface area contributed by atoms with E-state index in [4.69, 9.17) is 4.74 Å². The van der Waals surface area contributed by atoms with Gasteiger partial charge in [0.05, 0.1) is 25.4 Å². The van der Waals surface area contributed by atoms with E-state index < -0.39 is 12.1 Å². The minimum absolute atomic E-state index is 0.000381. The lowest BCUT2D eigenvalue weighted by atomic mass is 10.0. The van der Waals surface area contributed by atoms with Gasteiger partial charge in [0.15, 0.2) is 0 Å². The molecule has 0 aliphatic heterocycles. The molecule has 0 bridgehead atoms. The summed E-state index contributed by atoms with van der Waals surface area (Å²) in [6.45, 7) is 4.94. The molecule has 0 saturated heterocycles. The number of aliphatic hydroxyl groups excluding tert-OH is 2. The highest BCUT2D eigenvalue weighted by Gasteiger charge is 2.20. The largest absolute Gasteiger partial charge is 0.466 e. The van der Waals surface area contributed by atoms with E-state index in [1.54, 1.807) is 0 Å². The Hall–Kier alpha value is -1.66. The number of ether oxygens (including phenoxy) is 1. The maximum Gasteiger partial charge on any atom is 0.305 e. The summed E-state index contributed by atoms with van der Waals surface area (Å²) in [5.41, 5.74) is 0. The summed E-state index contributed by atoms with van der Waals surface area (Å²) in [7, 11) is 0. The van der Waals surface area contributed by atoms with Crippen LogP contribution in [0.1, 0.15) is 354 Å². The van der Waals surface area contributed by atoms with Gasteiger partial charge >= 0.3 is 5.97 Å². The maximum atomic E-state index is 12.5. The maximum absolute atomic E-state index is 12.5. The summed E-state index contributed by atoms with van der Waals surface area (Å²) in [5, 5.41) is 23.4. The number of aliphatic hydroxyl groups is 2. The zero-order valence-electron chi connectivity index (χ0n) is 48.0. The first-order valence-corrected chi connectivity index (χ1v) is 32.1. The van der Waals surface area contributed by atoms with Gasteiger partial charge in [0.25, 0.3) is 0 Å². The molecule has 1 amide bonds. The number of esters is 1. The molecule has 0 heterocycles. The summed E-state index contributed by atoms with van der Waals surface area (Å²) in [4.78, 5) is 24.6. The van der Waals surface area contributed by atoms with Gasteiger partial charge in [0, 0.05) is 12.8 Å². The Kier molecular flexibility index (Phi) is 59.5. The predicted molar refractivity (Wildman–Crippen MR) is 310 cm³/mol. The predicted octanol–water partition coefficient (Wildman–Crippen LogP) is 20.2. The van der Waals surface area contributed by atoms with E-state index in [-0.39, 0.29) is 18.5 Å². The number of rotatable bonds is 60. The molecule has 71 heavy (non-hydrogen) atoms. The molecule has 0 spiro atoms. The van der Waals surface area contributed by atoms with Crippen LogP contribution in [0.15, 0.2) is 24.3 Å². The quantitative estimate of drug-likeness (QED) is 0.0320. The summed E-state index contributed by atoms with van der Waals surface area (Å²) in [5.74, 6) is -0.0355. The lowest BCUT2D eigenvalue weighted by Crippen LogP contribution is -2.45. The third kappa shape index (κ3) is 57.5. The molecule has 0 aliphatic rings. The molecule has 0 aromatic rings. The fraction of sp³-hybridized carbons (Fsp3) is 0.908. The topological polar surface area (TPSA) is 95.9 Å². The van der Waals surface area contributed by atoms with E-state index >= 15 is 0 Å². The Morgan fingerprint density at radius 2 is 0.704 bits per heavy atom. The van der Waals surface area contributed by atoms with E-state index in [1.807, 2.05) is 0 Å². The van der Waals surface area contributed by atoms with Crippen molar-refractivity contribution in [3.05, 3.63) is 24.3 Å². The van der Waals surface area contributed by atoms with E-state index in [0.29, 0.717) is 25.9 Å². The second-order valence-corrected chi connectivity index (χ2v) is 22.1. The number of unbranched alkanes of at least 4 members (excludes halogenated alkanes) is 45. The van der Waals surface area contributed by atoms with Crippen molar-refractivity contribution < 1.29 is 24.5 Å². The van der Waals surface area contributed by atoms with Gasteiger partial charge in [-0.1, -0.05) is 308 Å². The van der Waals surface area contributed by atoms with Gasteiger partial charge in [-0.3, -0.25) is 9.59 Å². The Bertz CT molecular complexity index is 1110. The zero-order valence-corrected chi connectivity index (χ0v) is 48.0. The molecule has 0 aromatic carbocycles. The standard InChI is InChI=1S/C65H125NO5/c1-3-5-7-9-11-13-15-17-19-21-22-26-29-33-37-41-45-49-53-57-63(68)62(61-67)66-64(69)58-54-50-46-42-38-34-30-27-23-24-28-32-36-40-44-48-52-56-60-71-65(70)59-55-51-47-43-39-35-31-25-20-18-16-14-12-10-8-6-4-2/h12,14,18,20,62-63,67-68H,3-11,13,15-17,19,21-61H2,1-2H3,(H,66,69)/b14-12-,20-18-. The Labute approximate surface area is 443 Å². The van der Waals surface area contributed by atoms with Crippen LogP contribution in [-0.4, -0.2) is 47.4 Å². The number of nitrogens with one attached hydrogen (secondary N) is 1. The van der Waals surface area contributed by atoms with Gasteiger partial charge in [-0.2, -0.15) is 0 Å². The molecule has 0 radical (unpaired) electrons. The molecular formula is C65H125NO5. The minimum atomic E-state index is -0.668. The fourth-order valence-electron chi connectivity index (χ4n) is 10.1. The van der Waals surface area contributed by atoms with Gasteiger partial charge in [0.1, 0.15) is 0 Å². The molecule has 0 saturated carbocycles. The molecule has 0 fully saturated rings. The van der Waals surface area contributed by atoms with Gasteiger partial charge < -0.3 is 20.3 Å². The van der Waals surface area contributed by atoms with Crippen LogP contribution in [-0.2, 0) is 14.3 Å². The normalized spacial score (nSPS) is 12.7. The highest BCUT2D eigenvalue weighted by Crippen LogP contribution is 2.18. The van der Waals surface area contributed by atoms with Crippen molar-refractivity contribution in [1.82, 2.24) is 5.32 Å². The van der Waals surface area contributed by atoms with Gasteiger partial charge in [-0.05, 0) is 57.8 Å². The fourth-order valence-corrected chi connectivity index (χ4v) is 10.1. The summed E-state index contributed by atoms with van der Waals surface area (Å²) in [6.07, 6.45) is 74.7. The van der Waals surface area contributed by atoms with Crippen molar-refractivity contribution in [1.29, 1.82) is 0 Å². The lowest BCUT2D eigenvalue weighted by Gasteiger charge is -2.22. The molecule has 6 heteroatoms. The number of carbonyl (C=O) groups excluding carboxylic acids is 2. The van der Waals surface area contributed by atoms with Crippen molar-refractivity contribution in [2.75, 3.05) is 13.2 Å². The van der Waals surface area contributed by atoms with Crippen LogP contribution in [0, 0.1) is 0 Å². The highest BCUT2D eigenvalue weighted by atomic mass is 16.5. The van der Waals surface area contributed by atoms with Crippen LogP contribution >= 0.6 is 0 Å². The average molecular weight is 1000 g/mol. The lowest BCUT2D eigenvalue weighted by molar-refractivity contribution is -0.143. The SMILES string of the molecule is CCCCC/C=C\C/C=C\CCCCCCCCCC(=O)OCCCCCCCCCCCCCCCCCCCCC(=O)NC(CO)C(O)CCCCCCCCCCCCCCCCCCCCC. The Morgan fingerprint density at radius 1 is 0.394 bits per heavy atom. The molecular weight excluding hydrogens is 875 g/mol. The first kappa shape index (κ1) is 69.3. The Morgan fingerprint density at radius 3 is 1.10 bits per heavy atom. The van der Waals surface area contributed by atoms with Crippen LogP contribution < -0.4 is 5.32 Å². The van der Waals surface area contributed by atoms with Crippen LogP contribution in [0.3, 0.4) is 0 Å². The number of hydrogen-bond donors (Lipinski definition) is 3. The molecule has 420 valence electrons. The number of hydrogen-bond acceptors (Lipinski definition) is 5. The number of allylic oxidation sites excluding steroid dienone is 4. The molecule has 6 nitrogen and oxygen atoms in total. The second kappa shape index (κ2) is 60.9. The molecule has 2 atom stereocenters. The van der Waals surface area contributed by atoms with Crippen LogP contribution in [0.5, 0.6) is 0 Å². The molecule has 0 rings (SSSR count). The molecule has 2 unspecified atom stereocenters. The van der Waals surface area contributed by atoms with E-state index in [0.717, 1.165) is 51.4 Å². The third-order valence-corrected chi connectivity index (χ3v) is 15.0. The first-order chi connectivity index (χ1) is 35.0. The molecule has 3 N–H and O–H groups in total. The summed E-state index contributed by atoms with van der Waals surface area (Å²) >= 11 is 0. The van der Waals surface area contributed by atoms with Crippen molar-refractivity contribution >= 4 is 11.9 Å². The van der Waals surface area contributed by atoms with Crippen LogP contribution in [0.4, 0.5) is 0 Å². The minimum Gasteiger partial charge on any atom is -0.466 e. The molecule has 0 aromatic heterocycles. The monoisotopic (exact) mass is 1000 g/mol. The van der Waals surface area contributed by atoms with Crippen LogP contribution in [0.2, 0.25) is 0 Å². The number of amides is 1. The van der Waals surface area contributed by atoms with E-state index in [9.17, 15) is 19.8 Å². The first-order valence-electron chi connectivity index (χ1n) is 32.1. The van der Waals surface area contributed by atoms with E-state index in [2.05, 4.69) is 43.5 Å².